The number of pyridine rings is 1. The molecule has 2 bridgehead atoms. The Morgan fingerprint density at radius 2 is 1.75 bits per heavy atom. The normalized spacial score (nSPS) is 22.8. The molecule has 0 amide bonds. The SMILES string of the molecule is C=C[C@H]1CN2CC[C@H]1C[C@H]2[C@H](OC(=O)c1c2ccccc2cc2ccccc12)c1ccnc2ccc(OC)cc12. The fourth-order valence-electron chi connectivity index (χ4n) is 6.97. The number of nitrogens with zero attached hydrogens (tertiary/aromatic N) is 2. The smallest absolute Gasteiger partial charge is 0.340 e. The lowest BCUT2D eigenvalue weighted by atomic mass is 9.73. The van der Waals surface area contributed by atoms with Crippen LogP contribution in [-0.2, 0) is 4.74 Å². The van der Waals surface area contributed by atoms with Crippen molar-refractivity contribution in [3.8, 4) is 5.75 Å². The summed E-state index contributed by atoms with van der Waals surface area (Å²) in [6.45, 7) is 6.04. The number of rotatable bonds is 6. The van der Waals surface area contributed by atoms with Crippen molar-refractivity contribution in [1.29, 1.82) is 0 Å². The Morgan fingerprint density at radius 3 is 2.42 bits per heavy atom. The molecule has 3 saturated heterocycles. The lowest BCUT2D eigenvalue weighted by Gasteiger charge is -2.51. The van der Waals surface area contributed by atoms with Crippen LogP contribution >= 0.6 is 0 Å². The monoisotopic (exact) mass is 528 g/mol. The molecule has 0 saturated carbocycles. The van der Waals surface area contributed by atoms with Crippen LogP contribution in [0, 0.1) is 11.8 Å². The Labute approximate surface area is 234 Å². The zero-order valence-corrected chi connectivity index (χ0v) is 22.6. The summed E-state index contributed by atoms with van der Waals surface area (Å²) in [7, 11) is 1.67. The second-order valence-electron chi connectivity index (χ2n) is 11.0. The van der Waals surface area contributed by atoms with Gasteiger partial charge in [-0.1, -0.05) is 54.6 Å². The van der Waals surface area contributed by atoms with Crippen LogP contribution in [0.4, 0.5) is 0 Å². The van der Waals surface area contributed by atoms with Crippen molar-refractivity contribution in [1.82, 2.24) is 9.88 Å². The Bertz CT molecular complexity index is 1710. The van der Waals surface area contributed by atoms with Crippen molar-refractivity contribution in [2.75, 3.05) is 20.2 Å². The van der Waals surface area contributed by atoms with Crippen LogP contribution in [0.5, 0.6) is 5.75 Å². The Kier molecular flexibility index (Phi) is 6.24. The quantitative estimate of drug-likeness (QED) is 0.131. The van der Waals surface area contributed by atoms with Gasteiger partial charge in [0, 0.05) is 23.7 Å². The lowest BCUT2D eigenvalue weighted by molar-refractivity contribution is -0.0566. The molecule has 3 fully saturated rings. The minimum atomic E-state index is -0.462. The van der Waals surface area contributed by atoms with Gasteiger partial charge in [0.25, 0.3) is 0 Å². The molecule has 5 aromatic rings. The van der Waals surface area contributed by atoms with E-state index in [9.17, 15) is 4.79 Å². The number of esters is 1. The van der Waals surface area contributed by atoms with Crippen molar-refractivity contribution in [3.05, 3.63) is 109 Å². The number of ether oxygens (including phenoxy) is 2. The molecule has 200 valence electrons. The third-order valence-electron chi connectivity index (χ3n) is 9.00. The Morgan fingerprint density at radius 1 is 1.00 bits per heavy atom. The van der Waals surface area contributed by atoms with Crippen LogP contribution in [-0.4, -0.2) is 42.1 Å². The first-order valence-electron chi connectivity index (χ1n) is 14.1. The van der Waals surface area contributed by atoms with E-state index in [0.29, 0.717) is 17.4 Å². The van der Waals surface area contributed by atoms with Crippen molar-refractivity contribution < 1.29 is 14.3 Å². The van der Waals surface area contributed by atoms with E-state index in [4.69, 9.17) is 9.47 Å². The number of benzene rings is 4. The highest BCUT2D eigenvalue weighted by molar-refractivity contribution is 6.16. The molecule has 5 atom stereocenters. The molecule has 1 aromatic heterocycles. The first kappa shape index (κ1) is 24.8. The Hall–Kier alpha value is -4.22. The summed E-state index contributed by atoms with van der Waals surface area (Å²) < 4.78 is 12.3. The standard InChI is InChI=1S/C35H32N2O3/c1-3-22-21-37-17-15-23(22)19-32(37)34(29-14-16-36-31-13-12-26(39-2)20-30(29)31)40-35(38)33-27-10-6-4-8-24(27)18-25-9-5-7-11-28(25)33/h3-14,16,18,20,22-23,32,34H,1,15,17,19,21H2,2H3/t22-,23-,32-,34+/m0/s1. The van der Waals surface area contributed by atoms with Crippen molar-refractivity contribution in [2.45, 2.75) is 25.0 Å². The third-order valence-corrected chi connectivity index (χ3v) is 9.00. The van der Waals surface area contributed by atoms with Crippen molar-refractivity contribution in [2.24, 2.45) is 11.8 Å². The lowest BCUT2D eigenvalue weighted by Crippen LogP contribution is -2.55. The summed E-state index contributed by atoms with van der Waals surface area (Å²) in [6.07, 6.45) is 5.56. The summed E-state index contributed by atoms with van der Waals surface area (Å²) in [5.74, 6) is 1.46. The summed E-state index contributed by atoms with van der Waals surface area (Å²) >= 11 is 0. The second-order valence-corrected chi connectivity index (χ2v) is 11.0. The molecule has 5 heteroatoms. The highest BCUT2D eigenvalue weighted by Gasteiger charge is 2.44. The second kappa shape index (κ2) is 10.1. The minimum absolute atomic E-state index is 0.0666. The van der Waals surface area contributed by atoms with Gasteiger partial charge in [-0.3, -0.25) is 9.88 Å². The summed E-state index contributed by atoms with van der Waals surface area (Å²) in [5.41, 5.74) is 2.44. The zero-order chi connectivity index (χ0) is 27.2. The average Bonchev–Trinajstić information content (AvgIpc) is 3.01. The van der Waals surface area contributed by atoms with E-state index in [2.05, 4.69) is 40.7 Å². The van der Waals surface area contributed by atoms with Gasteiger partial charge in [0.1, 0.15) is 11.9 Å². The molecular formula is C35H32N2O3. The van der Waals surface area contributed by atoms with Gasteiger partial charge in [-0.05, 0) is 83.1 Å². The predicted molar refractivity (Wildman–Crippen MR) is 160 cm³/mol. The molecule has 4 heterocycles. The molecule has 8 rings (SSSR count). The molecule has 5 nitrogen and oxygen atoms in total. The number of hydrogen-bond donors (Lipinski definition) is 0. The highest BCUT2D eigenvalue weighted by Crippen LogP contribution is 2.44. The molecule has 40 heavy (non-hydrogen) atoms. The molecule has 0 spiro atoms. The predicted octanol–water partition coefficient (Wildman–Crippen LogP) is 7.34. The summed E-state index contributed by atoms with van der Waals surface area (Å²) in [5, 5.41) is 4.81. The van der Waals surface area contributed by atoms with Crippen molar-refractivity contribution >= 4 is 38.4 Å². The number of methoxy groups -OCH3 is 1. The van der Waals surface area contributed by atoms with Gasteiger partial charge in [-0.15, -0.1) is 6.58 Å². The van der Waals surface area contributed by atoms with E-state index >= 15 is 0 Å². The third kappa shape index (κ3) is 4.13. The maximum Gasteiger partial charge on any atom is 0.340 e. The average molecular weight is 529 g/mol. The van der Waals surface area contributed by atoms with Crippen LogP contribution in [0.15, 0.2) is 97.7 Å². The number of carbonyl (C=O) groups is 1. The van der Waals surface area contributed by atoms with Gasteiger partial charge in [0.2, 0.25) is 0 Å². The van der Waals surface area contributed by atoms with E-state index in [1.807, 2.05) is 66.9 Å². The number of piperidine rings is 3. The van der Waals surface area contributed by atoms with Gasteiger partial charge < -0.3 is 9.47 Å². The number of carbonyl (C=O) groups excluding carboxylic acids is 1. The molecule has 0 radical (unpaired) electrons. The maximum atomic E-state index is 14.4. The van der Waals surface area contributed by atoms with Gasteiger partial charge >= 0.3 is 5.97 Å². The van der Waals surface area contributed by atoms with Crippen LogP contribution in [0.25, 0.3) is 32.4 Å². The van der Waals surface area contributed by atoms with E-state index in [1.54, 1.807) is 7.11 Å². The molecule has 3 aliphatic heterocycles. The van der Waals surface area contributed by atoms with Crippen LogP contribution in [0.1, 0.15) is 34.9 Å². The molecule has 1 unspecified atom stereocenters. The van der Waals surface area contributed by atoms with E-state index in [0.717, 1.165) is 69.7 Å². The van der Waals surface area contributed by atoms with Crippen LogP contribution < -0.4 is 4.74 Å². The summed E-state index contributed by atoms with van der Waals surface area (Å²) in [6, 6.07) is 26.2. The highest BCUT2D eigenvalue weighted by atomic mass is 16.5. The zero-order valence-electron chi connectivity index (χ0n) is 22.6. The van der Waals surface area contributed by atoms with E-state index in [1.165, 1.54) is 0 Å². The first-order chi connectivity index (χ1) is 19.6. The topological polar surface area (TPSA) is 51.7 Å². The van der Waals surface area contributed by atoms with Crippen molar-refractivity contribution in [3.63, 3.8) is 0 Å². The maximum absolute atomic E-state index is 14.4. The van der Waals surface area contributed by atoms with Gasteiger partial charge in [0.05, 0.1) is 24.2 Å². The fraction of sp³-hybridized carbons (Fsp3) is 0.257. The van der Waals surface area contributed by atoms with Gasteiger partial charge in [-0.2, -0.15) is 0 Å². The van der Waals surface area contributed by atoms with E-state index < -0.39 is 6.10 Å². The number of fused-ring (bicyclic) bond motifs is 6. The van der Waals surface area contributed by atoms with Crippen LogP contribution in [0.2, 0.25) is 0 Å². The molecule has 0 N–H and O–H groups in total. The number of hydrogen-bond acceptors (Lipinski definition) is 5. The van der Waals surface area contributed by atoms with Gasteiger partial charge in [-0.25, -0.2) is 4.79 Å². The molecular weight excluding hydrogens is 496 g/mol. The molecule has 4 aromatic carbocycles. The molecule has 3 aliphatic rings. The molecule has 0 aliphatic carbocycles. The Balaban J connectivity index is 1.38. The number of aromatic nitrogens is 1. The fourth-order valence-corrected chi connectivity index (χ4v) is 6.97. The van der Waals surface area contributed by atoms with Gasteiger partial charge in [0.15, 0.2) is 0 Å². The minimum Gasteiger partial charge on any atom is -0.497 e. The van der Waals surface area contributed by atoms with E-state index in [-0.39, 0.29) is 12.0 Å². The summed E-state index contributed by atoms with van der Waals surface area (Å²) in [4.78, 5) is 21.5. The van der Waals surface area contributed by atoms with Crippen LogP contribution in [0.3, 0.4) is 0 Å². The first-order valence-corrected chi connectivity index (χ1v) is 14.1. The largest absolute Gasteiger partial charge is 0.497 e.